The molecule has 7 rings (SSSR count). The van der Waals surface area contributed by atoms with Crippen LogP contribution in [0, 0.1) is 23.2 Å². The summed E-state index contributed by atoms with van der Waals surface area (Å²) in [7, 11) is -4.77. The zero-order valence-electron chi connectivity index (χ0n) is 20.8. The molecule has 3 aliphatic carbocycles. The third-order valence-electron chi connectivity index (χ3n) is 10.3. The smallest absolute Gasteiger partial charge is 0.320 e. The van der Waals surface area contributed by atoms with E-state index in [1.54, 1.807) is 16.7 Å². The number of piperidine rings is 2. The Morgan fingerprint density at radius 2 is 1.74 bits per heavy atom. The van der Waals surface area contributed by atoms with Crippen LogP contribution in [0.1, 0.15) is 77.7 Å². The van der Waals surface area contributed by atoms with Crippen molar-refractivity contribution in [3.05, 3.63) is 34.6 Å². The largest absolute Gasteiger partial charge is 0.380 e. The van der Waals surface area contributed by atoms with Crippen LogP contribution >= 0.6 is 7.60 Å². The minimum absolute atomic E-state index is 0.0618. The minimum Gasteiger partial charge on any atom is -0.320 e. The number of nitrogens with zero attached hydrogens (tertiary/aromatic N) is 3. The molecule has 2 aromatic rings. The first kappa shape index (κ1) is 23.8. The van der Waals surface area contributed by atoms with Crippen LogP contribution in [0.5, 0.6) is 0 Å². The number of para-hydroxylation sites is 2. The number of fused-ring (bicyclic) bond motifs is 5. The lowest BCUT2D eigenvalue weighted by Crippen LogP contribution is -2.56. The molecule has 190 valence electrons. The van der Waals surface area contributed by atoms with Crippen LogP contribution in [0.25, 0.3) is 11.0 Å². The van der Waals surface area contributed by atoms with E-state index in [1.807, 2.05) is 12.1 Å². The lowest BCUT2D eigenvalue weighted by atomic mass is 9.45. The topological polar surface area (TPSA) is 95.7 Å². The molecule has 1 aromatic carbocycles. The summed E-state index contributed by atoms with van der Waals surface area (Å²) in [4.78, 5) is 39.9. The molecule has 35 heavy (non-hydrogen) atoms. The van der Waals surface area contributed by atoms with E-state index in [-0.39, 0.29) is 6.04 Å². The van der Waals surface area contributed by atoms with Gasteiger partial charge < -0.3 is 14.4 Å². The monoisotopic (exact) mass is 499 g/mol. The van der Waals surface area contributed by atoms with E-state index in [4.69, 9.17) is 0 Å². The Bertz CT molecular complexity index is 1220. The molecule has 0 spiro atoms. The lowest BCUT2D eigenvalue weighted by molar-refractivity contribution is -0.111. The van der Waals surface area contributed by atoms with Crippen LogP contribution in [0.2, 0.25) is 0 Å². The van der Waals surface area contributed by atoms with Crippen molar-refractivity contribution in [3.8, 4) is 0 Å². The summed E-state index contributed by atoms with van der Waals surface area (Å²) in [5.41, 5.74) is 0.415. The molecule has 5 fully saturated rings. The van der Waals surface area contributed by atoms with Crippen LogP contribution in [0.4, 0.5) is 0 Å². The Hall–Kier alpha value is -1.53. The Labute approximate surface area is 207 Å². The maximum Gasteiger partial charge on any atom is 0.380 e. The van der Waals surface area contributed by atoms with Gasteiger partial charge in [-0.3, -0.25) is 14.3 Å². The number of aromatic nitrogens is 2. The van der Waals surface area contributed by atoms with Crippen molar-refractivity contribution in [2.75, 3.05) is 6.54 Å². The average Bonchev–Trinajstić information content (AvgIpc) is 2.81. The van der Waals surface area contributed by atoms with Gasteiger partial charge in [0.15, 0.2) is 0 Å². The van der Waals surface area contributed by atoms with Crippen LogP contribution < -0.4 is 11.0 Å². The highest BCUT2D eigenvalue weighted by molar-refractivity contribution is 7.59. The van der Waals surface area contributed by atoms with Crippen molar-refractivity contribution in [1.29, 1.82) is 0 Å². The molecule has 1 unspecified atom stereocenters. The van der Waals surface area contributed by atoms with Gasteiger partial charge in [-0.25, -0.2) is 4.98 Å². The SMILES string of the molecule is CC1(C)C2C[C@@H]1CC[C@H]2CCN1[C@@H]2CCC[C@H]1C[C@@H](n1c(=O)c(P(=O)(O)O)nc3ccccc31)C2. The molecule has 4 bridgehead atoms. The normalized spacial score (nSPS) is 34.5. The third-order valence-corrected chi connectivity index (χ3v) is 11.1. The van der Waals surface area contributed by atoms with Gasteiger partial charge in [0.05, 0.1) is 11.0 Å². The van der Waals surface area contributed by atoms with Crippen LogP contribution in [0.15, 0.2) is 29.1 Å². The number of hydrogen-bond donors (Lipinski definition) is 2. The minimum atomic E-state index is -4.77. The van der Waals surface area contributed by atoms with E-state index in [9.17, 15) is 19.1 Å². The average molecular weight is 500 g/mol. The molecule has 5 aliphatic rings. The molecule has 2 N–H and O–H groups in total. The highest BCUT2D eigenvalue weighted by atomic mass is 31.2. The van der Waals surface area contributed by atoms with Gasteiger partial charge in [-0.1, -0.05) is 32.4 Å². The Morgan fingerprint density at radius 3 is 2.40 bits per heavy atom. The van der Waals surface area contributed by atoms with E-state index in [0.717, 1.165) is 50.0 Å². The molecule has 1 aromatic heterocycles. The predicted molar refractivity (Wildman–Crippen MR) is 137 cm³/mol. The fourth-order valence-electron chi connectivity index (χ4n) is 8.34. The molecule has 8 heteroatoms. The van der Waals surface area contributed by atoms with Crippen LogP contribution in [-0.4, -0.2) is 42.9 Å². The van der Waals surface area contributed by atoms with Gasteiger partial charge in [-0.15, -0.1) is 0 Å². The first-order valence-electron chi connectivity index (χ1n) is 13.5. The highest BCUT2D eigenvalue weighted by Gasteiger charge is 2.54. The highest BCUT2D eigenvalue weighted by Crippen LogP contribution is 2.62. The molecular weight excluding hydrogens is 461 g/mol. The Kier molecular flexibility index (Phi) is 5.80. The lowest BCUT2D eigenvalue weighted by Gasteiger charge is -2.60. The molecule has 2 aliphatic heterocycles. The van der Waals surface area contributed by atoms with E-state index in [1.165, 1.54) is 32.1 Å². The summed E-state index contributed by atoms with van der Waals surface area (Å²) in [5.74, 6) is 2.66. The van der Waals surface area contributed by atoms with E-state index < -0.39 is 18.6 Å². The van der Waals surface area contributed by atoms with Gasteiger partial charge >= 0.3 is 7.60 Å². The summed E-state index contributed by atoms with van der Waals surface area (Å²) >= 11 is 0. The summed E-state index contributed by atoms with van der Waals surface area (Å²) in [6.45, 7) is 6.09. The van der Waals surface area contributed by atoms with Crippen molar-refractivity contribution in [1.82, 2.24) is 14.5 Å². The number of benzene rings is 1. The van der Waals surface area contributed by atoms with Gasteiger partial charge in [0.2, 0.25) is 5.44 Å². The molecule has 7 nitrogen and oxygen atoms in total. The molecule has 3 heterocycles. The first-order chi connectivity index (χ1) is 16.6. The Balaban J connectivity index is 1.26. The zero-order chi connectivity index (χ0) is 24.5. The third kappa shape index (κ3) is 3.94. The maximum absolute atomic E-state index is 13.4. The molecule has 0 amide bonds. The molecule has 0 radical (unpaired) electrons. The second kappa shape index (κ2) is 8.51. The van der Waals surface area contributed by atoms with E-state index in [0.29, 0.717) is 28.5 Å². The van der Waals surface area contributed by atoms with Gasteiger partial charge in [0.1, 0.15) is 0 Å². The van der Waals surface area contributed by atoms with Gasteiger partial charge in [0, 0.05) is 18.1 Å². The maximum atomic E-state index is 13.4. The fourth-order valence-corrected chi connectivity index (χ4v) is 8.94. The summed E-state index contributed by atoms with van der Waals surface area (Å²) in [6.07, 6.45) is 10.7. The first-order valence-corrected chi connectivity index (χ1v) is 15.1. The van der Waals surface area contributed by atoms with Crippen molar-refractivity contribution >= 4 is 24.1 Å². The van der Waals surface area contributed by atoms with Gasteiger partial charge in [-0.05, 0) is 93.2 Å². The van der Waals surface area contributed by atoms with Crippen LogP contribution in [-0.2, 0) is 4.57 Å². The zero-order valence-corrected chi connectivity index (χ0v) is 21.7. The number of rotatable bonds is 5. The second-order valence-corrected chi connectivity index (χ2v) is 13.7. The van der Waals surface area contributed by atoms with Gasteiger partial charge in [0.25, 0.3) is 5.56 Å². The van der Waals surface area contributed by atoms with Crippen molar-refractivity contribution in [2.45, 2.75) is 89.8 Å². The molecule has 3 saturated carbocycles. The van der Waals surface area contributed by atoms with Crippen molar-refractivity contribution in [2.24, 2.45) is 23.2 Å². The van der Waals surface area contributed by atoms with Crippen molar-refractivity contribution in [3.63, 3.8) is 0 Å². The van der Waals surface area contributed by atoms with Gasteiger partial charge in [-0.2, -0.15) is 0 Å². The molecule has 2 saturated heterocycles. The van der Waals surface area contributed by atoms with E-state index >= 15 is 0 Å². The summed E-state index contributed by atoms with van der Waals surface area (Å²) in [5, 5.41) is 0. The summed E-state index contributed by atoms with van der Waals surface area (Å²) < 4.78 is 13.8. The molecule has 6 atom stereocenters. The second-order valence-electron chi connectivity index (χ2n) is 12.2. The fraction of sp³-hybridized carbons (Fsp3) is 0.704. The number of hydrogen-bond acceptors (Lipinski definition) is 4. The summed E-state index contributed by atoms with van der Waals surface area (Å²) in [6, 6.07) is 8.04. The van der Waals surface area contributed by atoms with Crippen molar-refractivity contribution < 1.29 is 14.4 Å². The van der Waals surface area contributed by atoms with Crippen LogP contribution in [0.3, 0.4) is 0 Å². The predicted octanol–water partition coefficient (Wildman–Crippen LogP) is 4.22. The standard InChI is InChI=1S/C27H38N3O4P/c1-27(2)18-11-10-17(22(27)14-18)12-13-29-19-6-5-7-20(29)16-21(15-19)30-24-9-4-3-8-23(24)28-25(26(30)31)35(32,33)34/h3-4,8-9,17-22H,5-7,10-16H2,1-2H3,(H2,32,33,34)/t17-,18-,19-,20+,21+,22?/m0/s1. The van der Waals surface area contributed by atoms with E-state index in [2.05, 4.69) is 23.7 Å². The quantitative estimate of drug-likeness (QED) is 0.598. The molecular formula is C27H38N3O4P. The Morgan fingerprint density at radius 1 is 1.03 bits per heavy atom.